The zero-order chi connectivity index (χ0) is 38.5. The average Bonchev–Trinajstić information content (AvgIpc) is 3.81. The van der Waals surface area contributed by atoms with Gasteiger partial charge in [-0.15, -0.1) is 0 Å². The van der Waals surface area contributed by atoms with E-state index in [2.05, 4.69) is 71.7 Å². The Kier molecular flexibility index (Phi) is 11.4. The smallest absolute Gasteiger partial charge is 0.163 e. The maximum atomic E-state index is 12.7. The average molecular weight is 764 g/mol. The summed E-state index contributed by atoms with van der Waals surface area (Å²) in [5, 5.41) is 1.41. The second kappa shape index (κ2) is 16.7. The highest BCUT2D eigenvalue weighted by Crippen LogP contribution is 2.25. The number of ketones is 2. The van der Waals surface area contributed by atoms with Gasteiger partial charge < -0.3 is 0 Å². The van der Waals surface area contributed by atoms with Crippen molar-refractivity contribution >= 4 is 56.8 Å². The molecule has 0 saturated carbocycles. The molecule has 274 valence electrons. The van der Waals surface area contributed by atoms with Crippen LogP contribution in [0.25, 0.3) is 33.4 Å². The normalized spacial score (nSPS) is 11.1. The number of aryl methyl sites for hydroxylation is 5. The van der Waals surface area contributed by atoms with E-state index >= 15 is 0 Å². The molecule has 8 heteroatoms. The number of Topliss-reactive ketones (excluding diaryl/α,β-unsaturated/α-hetero) is 2. The minimum absolute atomic E-state index is 0.0990. The van der Waals surface area contributed by atoms with E-state index in [4.69, 9.17) is 23.2 Å². The van der Waals surface area contributed by atoms with Crippen LogP contribution in [0, 0.1) is 20.8 Å². The van der Waals surface area contributed by atoms with Crippen LogP contribution in [0.2, 0.25) is 10.0 Å². The van der Waals surface area contributed by atoms with E-state index in [1.165, 1.54) is 16.7 Å². The van der Waals surface area contributed by atoms with Crippen LogP contribution in [0.5, 0.6) is 0 Å². The van der Waals surface area contributed by atoms with Crippen LogP contribution >= 0.6 is 23.2 Å². The molecule has 0 fully saturated rings. The molecule has 2 heterocycles. The molecule has 0 radical (unpaired) electrons. The SMILES string of the molecule is Cc1cc(C)cc(-n2cnc3cc(C(=O)CCc4ccccc4Cl)ccc32)c1.Cc1cccc(-n2cnc3cc(C(=O)CCc4ccccc4Cl)ccc32)c1. The largest absolute Gasteiger partial charge is 0.299 e. The lowest BCUT2D eigenvalue weighted by atomic mass is 10.0. The van der Waals surface area contributed by atoms with Crippen molar-refractivity contribution in [2.75, 3.05) is 0 Å². The number of fused-ring (bicyclic) bond motifs is 2. The van der Waals surface area contributed by atoms with Crippen LogP contribution in [0.3, 0.4) is 0 Å². The van der Waals surface area contributed by atoms with Gasteiger partial charge in [-0.2, -0.15) is 0 Å². The maximum Gasteiger partial charge on any atom is 0.163 e. The standard InChI is InChI=1S/C24H21ClN2O.C23H19ClN2O/c1-16-11-17(2)13-20(12-16)27-15-26-22-14-19(7-9-23(22)27)24(28)10-8-18-5-3-4-6-21(18)25;1-16-5-4-7-19(13-16)26-15-25-21-14-18(9-11-22(21)26)23(27)12-10-17-6-2-3-8-20(17)24/h3-7,9,11-15H,8,10H2,1-2H3;2-9,11,13-15H,10,12H2,1H3. The summed E-state index contributed by atoms with van der Waals surface area (Å²) in [6.45, 7) is 6.25. The Morgan fingerprint density at radius 2 is 0.982 bits per heavy atom. The first-order valence-corrected chi connectivity index (χ1v) is 19.0. The molecule has 6 nitrogen and oxygen atoms in total. The second-order valence-corrected chi connectivity index (χ2v) is 14.7. The lowest BCUT2D eigenvalue weighted by Crippen LogP contribution is -2.02. The van der Waals surface area contributed by atoms with Crippen molar-refractivity contribution < 1.29 is 9.59 Å². The van der Waals surface area contributed by atoms with Crippen molar-refractivity contribution in [3.05, 3.63) is 189 Å². The van der Waals surface area contributed by atoms with Crippen LogP contribution in [-0.4, -0.2) is 30.7 Å². The Morgan fingerprint density at radius 3 is 1.47 bits per heavy atom. The van der Waals surface area contributed by atoms with Gasteiger partial charge in [0.2, 0.25) is 0 Å². The quantitative estimate of drug-likeness (QED) is 0.130. The number of halogens is 2. The van der Waals surface area contributed by atoms with E-state index in [1.54, 1.807) is 6.33 Å². The highest BCUT2D eigenvalue weighted by molar-refractivity contribution is 6.31. The summed E-state index contributed by atoms with van der Waals surface area (Å²) in [6, 6.07) is 41.4. The number of imidazole rings is 2. The lowest BCUT2D eigenvalue weighted by molar-refractivity contribution is 0.0975. The van der Waals surface area contributed by atoms with E-state index in [9.17, 15) is 9.59 Å². The van der Waals surface area contributed by atoms with E-state index < -0.39 is 0 Å². The number of carbonyl (C=O) groups excluding carboxylic acids is 2. The first-order valence-electron chi connectivity index (χ1n) is 18.3. The molecule has 6 aromatic carbocycles. The third-order valence-electron chi connectivity index (χ3n) is 9.66. The summed E-state index contributed by atoms with van der Waals surface area (Å²) >= 11 is 12.4. The van der Waals surface area contributed by atoms with Crippen LogP contribution in [-0.2, 0) is 12.8 Å². The number of hydrogen-bond acceptors (Lipinski definition) is 4. The zero-order valence-electron chi connectivity index (χ0n) is 31.0. The first kappa shape index (κ1) is 37.5. The van der Waals surface area contributed by atoms with Gasteiger partial charge in [0.1, 0.15) is 12.7 Å². The van der Waals surface area contributed by atoms with Crippen molar-refractivity contribution in [3.8, 4) is 11.4 Å². The molecule has 0 aliphatic heterocycles. The summed E-state index contributed by atoms with van der Waals surface area (Å²) in [7, 11) is 0. The van der Waals surface area contributed by atoms with Crippen molar-refractivity contribution in [1.29, 1.82) is 0 Å². The van der Waals surface area contributed by atoms with Crippen LogP contribution < -0.4 is 0 Å². The van der Waals surface area contributed by atoms with Crippen molar-refractivity contribution in [2.45, 2.75) is 46.5 Å². The molecular weight excluding hydrogens is 723 g/mol. The predicted octanol–water partition coefficient (Wildman–Crippen LogP) is 11.9. The van der Waals surface area contributed by atoms with Gasteiger partial charge in [0, 0.05) is 45.4 Å². The third kappa shape index (κ3) is 8.78. The summed E-state index contributed by atoms with van der Waals surface area (Å²) in [6.07, 6.45) is 5.73. The second-order valence-electron chi connectivity index (χ2n) is 13.9. The minimum Gasteiger partial charge on any atom is -0.299 e. The zero-order valence-corrected chi connectivity index (χ0v) is 32.5. The van der Waals surface area contributed by atoms with Gasteiger partial charge in [0.25, 0.3) is 0 Å². The fourth-order valence-electron chi connectivity index (χ4n) is 6.84. The molecule has 0 aliphatic rings. The summed E-state index contributed by atoms with van der Waals surface area (Å²) in [4.78, 5) is 34.3. The molecule has 55 heavy (non-hydrogen) atoms. The molecule has 2 aromatic heterocycles. The molecule has 8 aromatic rings. The van der Waals surface area contributed by atoms with Gasteiger partial charge in [-0.3, -0.25) is 18.7 Å². The molecule has 0 amide bonds. The van der Waals surface area contributed by atoms with Crippen LogP contribution in [0.1, 0.15) is 61.4 Å². The molecule has 0 bridgehead atoms. The van der Waals surface area contributed by atoms with E-state index in [1.807, 2.05) is 102 Å². The van der Waals surface area contributed by atoms with Crippen LogP contribution in [0.15, 0.2) is 140 Å². The van der Waals surface area contributed by atoms with Gasteiger partial charge >= 0.3 is 0 Å². The van der Waals surface area contributed by atoms with Crippen molar-refractivity contribution in [3.63, 3.8) is 0 Å². The minimum atomic E-state index is 0.0990. The Bertz CT molecular complexity index is 2650. The highest BCUT2D eigenvalue weighted by atomic mass is 35.5. The summed E-state index contributed by atoms with van der Waals surface area (Å²) < 4.78 is 4.10. The molecule has 0 saturated heterocycles. The fraction of sp³-hybridized carbons (Fsp3) is 0.149. The van der Waals surface area contributed by atoms with Crippen molar-refractivity contribution in [2.24, 2.45) is 0 Å². The van der Waals surface area contributed by atoms with E-state index in [-0.39, 0.29) is 11.6 Å². The number of rotatable bonds is 10. The number of carbonyl (C=O) groups is 2. The van der Waals surface area contributed by atoms with Gasteiger partial charge in [-0.05, 0) is 134 Å². The predicted molar refractivity (Wildman–Crippen MR) is 225 cm³/mol. The van der Waals surface area contributed by atoms with Gasteiger partial charge in [-0.25, -0.2) is 9.97 Å². The monoisotopic (exact) mass is 762 g/mol. The fourth-order valence-corrected chi connectivity index (χ4v) is 7.30. The van der Waals surface area contributed by atoms with Crippen molar-refractivity contribution in [1.82, 2.24) is 19.1 Å². The molecule has 0 unspecified atom stereocenters. The first-order chi connectivity index (χ1) is 26.6. The van der Waals surface area contributed by atoms with E-state index in [0.717, 1.165) is 44.6 Å². The number of benzene rings is 6. The van der Waals surface area contributed by atoms with Gasteiger partial charge in [0.15, 0.2) is 11.6 Å². The van der Waals surface area contributed by atoms with Gasteiger partial charge in [-0.1, -0.05) is 77.8 Å². The Labute approximate surface area is 331 Å². The Balaban J connectivity index is 0.000000169. The molecule has 0 aliphatic carbocycles. The summed E-state index contributed by atoms with van der Waals surface area (Å²) in [5.74, 6) is 0.199. The topological polar surface area (TPSA) is 69.8 Å². The van der Waals surface area contributed by atoms with Gasteiger partial charge in [0.05, 0.1) is 22.1 Å². The highest BCUT2D eigenvalue weighted by Gasteiger charge is 2.13. The molecular formula is C47H40Cl2N4O2. The Hall–Kier alpha value is -5.82. The third-order valence-corrected chi connectivity index (χ3v) is 10.4. The number of hydrogen-bond donors (Lipinski definition) is 0. The molecule has 0 atom stereocenters. The van der Waals surface area contributed by atoms with Crippen LogP contribution in [0.4, 0.5) is 0 Å². The maximum absolute atomic E-state index is 12.7. The lowest BCUT2D eigenvalue weighted by Gasteiger charge is -2.08. The Morgan fingerprint density at radius 1 is 0.509 bits per heavy atom. The number of aromatic nitrogens is 4. The molecule has 8 rings (SSSR count). The van der Waals surface area contributed by atoms with E-state index in [0.29, 0.717) is 46.9 Å². The number of nitrogens with zero attached hydrogens (tertiary/aromatic N) is 4. The molecule has 0 N–H and O–H groups in total. The summed E-state index contributed by atoms with van der Waals surface area (Å²) in [5.41, 5.74) is 12.8. The molecule has 0 spiro atoms.